The van der Waals surface area contributed by atoms with Gasteiger partial charge in [0, 0.05) is 18.1 Å². The van der Waals surface area contributed by atoms with E-state index in [1.165, 1.54) is 11.1 Å². The van der Waals surface area contributed by atoms with Crippen molar-refractivity contribution in [1.29, 1.82) is 0 Å². The van der Waals surface area contributed by atoms with Gasteiger partial charge in [-0.3, -0.25) is 0 Å². The molecule has 1 N–H and O–H groups in total. The van der Waals surface area contributed by atoms with E-state index < -0.39 is 0 Å². The smallest absolute Gasteiger partial charge is 0.0717 e. The van der Waals surface area contributed by atoms with Crippen molar-refractivity contribution >= 4 is 11.6 Å². The van der Waals surface area contributed by atoms with E-state index in [0.717, 1.165) is 6.54 Å². The summed E-state index contributed by atoms with van der Waals surface area (Å²) >= 11 is 5.42. The number of hydrogen-bond donors (Lipinski definition) is 1. The highest BCUT2D eigenvalue weighted by atomic mass is 35.5. The van der Waals surface area contributed by atoms with Crippen molar-refractivity contribution in [1.82, 2.24) is 5.32 Å². The Kier molecular flexibility index (Phi) is 6.90. The summed E-state index contributed by atoms with van der Waals surface area (Å²) in [7, 11) is 0. The van der Waals surface area contributed by atoms with Crippen LogP contribution in [-0.4, -0.2) is 19.2 Å². The van der Waals surface area contributed by atoms with Gasteiger partial charge in [-0.25, -0.2) is 0 Å². The summed E-state index contributed by atoms with van der Waals surface area (Å²) in [5, 5.41) is 3.27. The molecular formula is C13H18ClNO. The van der Waals surface area contributed by atoms with Crippen LogP contribution in [0.25, 0.3) is 0 Å². The summed E-state index contributed by atoms with van der Waals surface area (Å²) in [6, 6.07) is 10.5. The van der Waals surface area contributed by atoms with Crippen molar-refractivity contribution in [2.75, 3.05) is 13.2 Å². The molecule has 0 aromatic heterocycles. The van der Waals surface area contributed by atoms with E-state index >= 15 is 0 Å². The molecule has 88 valence electrons. The largest absolute Gasteiger partial charge is 0.375 e. The van der Waals surface area contributed by atoms with Crippen molar-refractivity contribution in [3.63, 3.8) is 0 Å². The summed E-state index contributed by atoms with van der Waals surface area (Å²) in [5.41, 5.74) is 2.72. The first-order valence-corrected chi connectivity index (χ1v) is 5.87. The first kappa shape index (κ1) is 13.2. The first-order valence-electron chi connectivity index (χ1n) is 5.43. The van der Waals surface area contributed by atoms with Gasteiger partial charge in [-0.05, 0) is 12.5 Å². The molecule has 0 bridgehead atoms. The molecule has 0 radical (unpaired) electrons. The third kappa shape index (κ3) is 5.91. The van der Waals surface area contributed by atoms with Gasteiger partial charge in [0.25, 0.3) is 0 Å². The second-order valence-electron chi connectivity index (χ2n) is 3.67. The van der Waals surface area contributed by atoms with Crippen LogP contribution in [0.5, 0.6) is 0 Å². The minimum absolute atomic E-state index is 0.330. The molecule has 0 saturated heterocycles. The number of halogens is 1. The van der Waals surface area contributed by atoms with Crippen LogP contribution in [0.1, 0.15) is 12.5 Å². The predicted octanol–water partition coefficient (Wildman–Crippen LogP) is 2.93. The zero-order valence-electron chi connectivity index (χ0n) is 9.53. The number of nitrogens with one attached hydrogen (secondary N) is 1. The monoisotopic (exact) mass is 239 g/mol. The van der Waals surface area contributed by atoms with Crippen LogP contribution in [0.2, 0.25) is 0 Å². The van der Waals surface area contributed by atoms with Crippen LogP contribution in [-0.2, 0) is 11.3 Å². The predicted molar refractivity (Wildman–Crippen MR) is 68.6 cm³/mol. The number of hydrogen-bond acceptors (Lipinski definition) is 2. The Balaban J connectivity index is 2.11. The molecule has 0 aliphatic carbocycles. The topological polar surface area (TPSA) is 21.3 Å². The Morgan fingerprint density at radius 2 is 2.12 bits per heavy atom. The molecule has 1 aromatic carbocycles. The van der Waals surface area contributed by atoms with Gasteiger partial charge in [0.2, 0.25) is 0 Å². The highest BCUT2D eigenvalue weighted by Gasteiger charge is 1.99. The summed E-state index contributed by atoms with van der Waals surface area (Å²) in [6.45, 7) is 4.23. The fourth-order valence-corrected chi connectivity index (χ4v) is 1.39. The van der Waals surface area contributed by atoms with Gasteiger partial charge < -0.3 is 10.1 Å². The Bertz CT molecular complexity index is 300. The average Bonchev–Trinajstić information content (AvgIpc) is 2.31. The second-order valence-corrected chi connectivity index (χ2v) is 3.92. The van der Waals surface area contributed by atoms with Crippen LogP contribution in [0.15, 0.2) is 41.9 Å². The average molecular weight is 240 g/mol. The summed E-state index contributed by atoms with van der Waals surface area (Å²) in [5.74, 6) is 0. The van der Waals surface area contributed by atoms with Gasteiger partial charge in [-0.2, -0.15) is 0 Å². The third-order valence-electron chi connectivity index (χ3n) is 2.15. The van der Waals surface area contributed by atoms with E-state index in [2.05, 4.69) is 24.4 Å². The van der Waals surface area contributed by atoms with Crippen molar-refractivity contribution in [3.8, 4) is 0 Å². The maximum atomic E-state index is 5.59. The molecule has 0 spiro atoms. The Morgan fingerprint density at radius 3 is 2.81 bits per heavy atom. The lowest BCUT2D eigenvalue weighted by atomic mass is 10.2. The molecule has 0 saturated carbocycles. The molecule has 1 aromatic rings. The molecule has 1 atom stereocenters. The van der Waals surface area contributed by atoms with Gasteiger partial charge in [-0.1, -0.05) is 48.0 Å². The van der Waals surface area contributed by atoms with Crippen molar-refractivity contribution < 1.29 is 4.74 Å². The lowest BCUT2D eigenvalue weighted by molar-refractivity contribution is 0.104. The van der Waals surface area contributed by atoms with E-state index in [9.17, 15) is 0 Å². The highest BCUT2D eigenvalue weighted by Crippen LogP contribution is 2.00. The van der Waals surface area contributed by atoms with Crippen LogP contribution in [0.3, 0.4) is 0 Å². The first-order chi connectivity index (χ1) is 7.83. The van der Waals surface area contributed by atoms with Gasteiger partial charge in [-0.15, -0.1) is 0 Å². The SMILES string of the molecule is CC(COCc1ccccc1)NC/C=C/Cl. The third-order valence-corrected chi connectivity index (χ3v) is 2.33. The molecule has 0 heterocycles. The van der Waals surface area contributed by atoms with Gasteiger partial charge >= 0.3 is 0 Å². The quantitative estimate of drug-likeness (QED) is 0.790. The molecule has 0 aliphatic heterocycles. The summed E-state index contributed by atoms with van der Waals surface area (Å²) in [6.07, 6.45) is 1.87. The maximum absolute atomic E-state index is 5.59. The van der Waals surface area contributed by atoms with Gasteiger partial charge in [0.05, 0.1) is 13.2 Å². The minimum Gasteiger partial charge on any atom is -0.375 e. The standard InChI is InChI=1S/C13H18ClNO/c1-12(15-9-5-8-14)10-16-11-13-6-3-2-4-7-13/h2-8,12,15H,9-11H2,1H3/b8-5+. The van der Waals surface area contributed by atoms with Crippen LogP contribution in [0, 0.1) is 0 Å². The molecule has 0 fully saturated rings. The van der Waals surface area contributed by atoms with Crippen molar-refractivity contribution in [3.05, 3.63) is 47.5 Å². The van der Waals surface area contributed by atoms with E-state index in [4.69, 9.17) is 16.3 Å². The van der Waals surface area contributed by atoms with E-state index in [-0.39, 0.29) is 0 Å². The molecule has 3 heteroatoms. The van der Waals surface area contributed by atoms with E-state index in [1.807, 2.05) is 24.3 Å². The molecule has 0 aliphatic rings. The Hall–Kier alpha value is -0.830. The van der Waals surface area contributed by atoms with Crippen LogP contribution < -0.4 is 5.32 Å². The Morgan fingerprint density at radius 1 is 1.38 bits per heavy atom. The zero-order valence-corrected chi connectivity index (χ0v) is 10.3. The number of benzene rings is 1. The summed E-state index contributed by atoms with van der Waals surface area (Å²) < 4.78 is 5.59. The summed E-state index contributed by atoms with van der Waals surface area (Å²) in [4.78, 5) is 0. The second kappa shape index (κ2) is 8.34. The fourth-order valence-electron chi connectivity index (χ4n) is 1.30. The molecule has 0 amide bonds. The minimum atomic E-state index is 0.330. The van der Waals surface area contributed by atoms with E-state index in [0.29, 0.717) is 19.3 Å². The van der Waals surface area contributed by atoms with Gasteiger partial charge in [0.15, 0.2) is 0 Å². The number of rotatable bonds is 7. The molecule has 16 heavy (non-hydrogen) atoms. The maximum Gasteiger partial charge on any atom is 0.0717 e. The highest BCUT2D eigenvalue weighted by molar-refractivity contribution is 6.25. The zero-order chi connectivity index (χ0) is 11.6. The van der Waals surface area contributed by atoms with Crippen molar-refractivity contribution in [2.24, 2.45) is 0 Å². The molecule has 2 nitrogen and oxygen atoms in total. The molecule has 1 rings (SSSR count). The van der Waals surface area contributed by atoms with E-state index in [1.54, 1.807) is 0 Å². The molecular weight excluding hydrogens is 222 g/mol. The fraction of sp³-hybridized carbons (Fsp3) is 0.385. The van der Waals surface area contributed by atoms with Crippen molar-refractivity contribution in [2.45, 2.75) is 19.6 Å². The lowest BCUT2D eigenvalue weighted by Gasteiger charge is -2.12. The normalized spacial score (nSPS) is 13.1. The number of ether oxygens (including phenoxy) is 1. The van der Waals surface area contributed by atoms with Crippen LogP contribution in [0.4, 0.5) is 0 Å². The van der Waals surface area contributed by atoms with Gasteiger partial charge in [0.1, 0.15) is 0 Å². The lowest BCUT2D eigenvalue weighted by Crippen LogP contribution is -2.30. The van der Waals surface area contributed by atoms with Crippen LogP contribution >= 0.6 is 11.6 Å². The molecule has 1 unspecified atom stereocenters. The Labute approximate surface area is 102 Å².